The number of ether oxygens (including phenoxy) is 1. The van der Waals surface area contributed by atoms with Crippen LogP contribution in [0.5, 0.6) is 0 Å². The molecule has 15 nitrogen and oxygen atoms in total. The summed E-state index contributed by atoms with van der Waals surface area (Å²) in [4.78, 5) is 61.4. The van der Waals surface area contributed by atoms with Gasteiger partial charge in [-0.2, -0.15) is 0 Å². The SMILES string of the molecule is Cc1cn([C@H]2CC(O)[C@@H](COP(=O)(O)OP(=O)(O)CP(=O)(O)O)O2)c(=O)[nH]c1=O. The minimum atomic E-state index is -5.26. The highest BCUT2D eigenvalue weighted by molar-refractivity contribution is 7.73. The van der Waals surface area contributed by atoms with Crippen LogP contribution >= 0.6 is 23.0 Å². The second-order valence-electron chi connectivity index (χ2n) is 6.20. The van der Waals surface area contributed by atoms with Gasteiger partial charge in [-0.05, 0) is 6.92 Å². The molecule has 3 unspecified atom stereocenters. The number of H-pyrrole nitrogens is 1. The van der Waals surface area contributed by atoms with Crippen LogP contribution in [0.25, 0.3) is 0 Å². The highest BCUT2D eigenvalue weighted by Crippen LogP contribution is 2.65. The minimum Gasteiger partial charge on any atom is -0.390 e. The predicted octanol–water partition coefficient (Wildman–Crippen LogP) is -1.05. The largest absolute Gasteiger partial charge is 0.479 e. The molecule has 0 bridgehead atoms. The third-order valence-corrected chi connectivity index (χ3v) is 8.88. The molecule has 1 aromatic heterocycles. The molecule has 2 heterocycles. The highest BCUT2D eigenvalue weighted by atomic mass is 31.3. The van der Waals surface area contributed by atoms with Gasteiger partial charge < -0.3 is 29.4 Å². The lowest BCUT2D eigenvalue weighted by Crippen LogP contribution is -2.33. The lowest BCUT2D eigenvalue weighted by atomic mass is 10.2. The first-order valence-corrected chi connectivity index (χ1v) is 12.8. The number of aryl methyl sites for hydroxylation is 1. The Morgan fingerprint density at radius 2 is 1.86 bits per heavy atom. The van der Waals surface area contributed by atoms with E-state index in [9.17, 15) is 38.2 Å². The van der Waals surface area contributed by atoms with Crippen molar-refractivity contribution >= 4 is 23.0 Å². The molecule has 0 radical (unpaired) electrons. The quantitative estimate of drug-likeness (QED) is 0.244. The van der Waals surface area contributed by atoms with Crippen LogP contribution < -0.4 is 11.2 Å². The molecule has 1 aliphatic rings. The predicted molar refractivity (Wildman–Crippen MR) is 94.2 cm³/mol. The third kappa shape index (κ3) is 7.06. The topological polar surface area (TPSA) is 235 Å². The number of rotatable bonds is 8. The standard InChI is InChI=1S/C11H19N2O13P3/c1-6-3-13(11(16)12-10(6)15)9-2-7(14)8(25-9)4-24-29(22,23)26-28(20,21)5-27(17,18)19/h3,7-9,14H,2,4-5H2,1H3,(H,20,21)(H,22,23)(H,12,15,16)(H2,17,18,19)/t7?,8-,9-/m1/s1. The van der Waals surface area contributed by atoms with Gasteiger partial charge in [0.15, 0.2) is 5.90 Å². The van der Waals surface area contributed by atoms with E-state index in [4.69, 9.17) is 14.5 Å². The monoisotopic (exact) mass is 480 g/mol. The van der Waals surface area contributed by atoms with Crippen LogP contribution in [0.1, 0.15) is 18.2 Å². The van der Waals surface area contributed by atoms with Gasteiger partial charge in [-0.25, -0.2) is 13.7 Å². The number of aliphatic hydroxyl groups excluding tert-OH is 1. The van der Waals surface area contributed by atoms with Crippen LogP contribution in [0.2, 0.25) is 0 Å². The first-order chi connectivity index (χ1) is 13.1. The Bertz CT molecular complexity index is 1010. The Balaban J connectivity index is 2.03. The number of phosphoric ester groups is 1. The Labute approximate surface area is 162 Å². The Hall–Kier alpha value is -0.950. The van der Waals surface area contributed by atoms with Crippen molar-refractivity contribution in [1.29, 1.82) is 0 Å². The van der Waals surface area contributed by atoms with Gasteiger partial charge >= 0.3 is 28.7 Å². The van der Waals surface area contributed by atoms with Crippen LogP contribution in [0.3, 0.4) is 0 Å². The molecule has 1 aromatic rings. The van der Waals surface area contributed by atoms with E-state index in [0.717, 1.165) is 4.57 Å². The molecule has 1 fully saturated rings. The van der Waals surface area contributed by atoms with Crippen molar-refractivity contribution in [1.82, 2.24) is 9.55 Å². The van der Waals surface area contributed by atoms with E-state index in [1.54, 1.807) is 0 Å². The summed E-state index contributed by atoms with van der Waals surface area (Å²) < 4.78 is 48.8. The van der Waals surface area contributed by atoms with Crippen molar-refractivity contribution in [2.75, 3.05) is 12.5 Å². The fourth-order valence-corrected chi connectivity index (χ4v) is 6.79. The summed E-state index contributed by atoms with van der Waals surface area (Å²) in [5.41, 5.74) is -1.22. The maximum Gasteiger partial charge on any atom is 0.479 e. The molecular formula is C11H19N2O13P3. The van der Waals surface area contributed by atoms with E-state index in [0.29, 0.717) is 0 Å². The molecule has 18 heteroatoms. The van der Waals surface area contributed by atoms with Gasteiger partial charge in [0, 0.05) is 18.2 Å². The highest BCUT2D eigenvalue weighted by Gasteiger charge is 2.41. The van der Waals surface area contributed by atoms with E-state index in [2.05, 4.69) is 8.83 Å². The van der Waals surface area contributed by atoms with Gasteiger partial charge in [0.05, 0.1) is 12.7 Å². The zero-order chi connectivity index (χ0) is 22.2. The lowest BCUT2D eigenvalue weighted by molar-refractivity contribution is -0.0448. The zero-order valence-corrected chi connectivity index (χ0v) is 17.4. The first-order valence-electron chi connectivity index (χ1n) is 7.79. The summed E-state index contributed by atoms with van der Waals surface area (Å²) in [6, 6.07) is 0. The molecule has 0 aliphatic carbocycles. The molecule has 29 heavy (non-hydrogen) atoms. The van der Waals surface area contributed by atoms with Gasteiger partial charge in [-0.15, -0.1) is 0 Å². The van der Waals surface area contributed by atoms with E-state index in [1.165, 1.54) is 13.1 Å². The van der Waals surface area contributed by atoms with Crippen molar-refractivity contribution < 1.29 is 51.9 Å². The second kappa shape index (κ2) is 8.66. The van der Waals surface area contributed by atoms with Crippen LogP contribution in [0.4, 0.5) is 0 Å². The van der Waals surface area contributed by atoms with Crippen molar-refractivity contribution in [2.24, 2.45) is 0 Å². The number of phosphoric acid groups is 1. The van der Waals surface area contributed by atoms with Crippen molar-refractivity contribution in [2.45, 2.75) is 31.8 Å². The minimum absolute atomic E-state index is 0.146. The van der Waals surface area contributed by atoms with Crippen molar-refractivity contribution in [3.05, 3.63) is 32.6 Å². The molecule has 6 N–H and O–H groups in total. The maximum absolute atomic E-state index is 11.9. The molecular weight excluding hydrogens is 461 g/mol. The molecule has 1 saturated heterocycles. The number of aromatic amines is 1. The van der Waals surface area contributed by atoms with E-state index < -0.39 is 65.2 Å². The molecule has 2 rings (SSSR count). The van der Waals surface area contributed by atoms with Gasteiger partial charge in [-0.1, -0.05) is 0 Å². The number of aromatic nitrogens is 2. The smallest absolute Gasteiger partial charge is 0.390 e. The number of hydrogen-bond acceptors (Lipinski definition) is 9. The summed E-state index contributed by atoms with van der Waals surface area (Å²) >= 11 is 0. The van der Waals surface area contributed by atoms with Gasteiger partial charge in [0.25, 0.3) is 5.56 Å². The fraction of sp³-hybridized carbons (Fsp3) is 0.636. The van der Waals surface area contributed by atoms with E-state index in [1.807, 2.05) is 4.98 Å². The average molecular weight is 480 g/mol. The molecule has 0 saturated carbocycles. The number of nitrogens with zero attached hydrogens (tertiary/aromatic N) is 1. The summed E-state index contributed by atoms with van der Waals surface area (Å²) in [6.07, 6.45) is -2.53. The first kappa shape index (κ1) is 24.3. The summed E-state index contributed by atoms with van der Waals surface area (Å²) in [5, 5.41) is 10.0. The third-order valence-electron chi connectivity index (χ3n) is 3.66. The average Bonchev–Trinajstić information content (AvgIpc) is 2.86. The van der Waals surface area contributed by atoms with Gasteiger partial charge in [0.1, 0.15) is 12.3 Å². The number of nitrogens with one attached hydrogen (secondary N) is 1. The van der Waals surface area contributed by atoms with Crippen LogP contribution in [-0.4, -0.2) is 58.9 Å². The summed E-state index contributed by atoms with van der Waals surface area (Å²) in [6.45, 7) is 0.614. The van der Waals surface area contributed by atoms with Crippen LogP contribution in [-0.2, 0) is 27.3 Å². The van der Waals surface area contributed by atoms with Gasteiger partial charge in [0.2, 0.25) is 0 Å². The van der Waals surface area contributed by atoms with Crippen molar-refractivity contribution in [3.8, 4) is 0 Å². The molecule has 0 aromatic carbocycles. The molecule has 1 aliphatic heterocycles. The second-order valence-corrected chi connectivity index (χ2v) is 11.8. The zero-order valence-electron chi connectivity index (χ0n) is 14.7. The lowest BCUT2D eigenvalue weighted by Gasteiger charge is -2.20. The van der Waals surface area contributed by atoms with Gasteiger partial charge in [-0.3, -0.25) is 28.0 Å². The summed E-state index contributed by atoms with van der Waals surface area (Å²) in [7, 11) is -15.5. The summed E-state index contributed by atoms with van der Waals surface area (Å²) in [5.74, 6) is -1.70. The van der Waals surface area contributed by atoms with Crippen molar-refractivity contribution in [3.63, 3.8) is 0 Å². The Kier molecular flexibility index (Phi) is 7.26. The maximum atomic E-state index is 11.9. The number of hydrogen-bond donors (Lipinski definition) is 6. The van der Waals surface area contributed by atoms with E-state index in [-0.39, 0.29) is 12.0 Å². The molecule has 166 valence electrons. The van der Waals surface area contributed by atoms with Crippen LogP contribution in [0, 0.1) is 6.92 Å². The number of aliphatic hydroxyl groups is 1. The molecule has 5 atom stereocenters. The Morgan fingerprint density at radius 3 is 2.45 bits per heavy atom. The fourth-order valence-electron chi connectivity index (χ4n) is 2.45. The molecule has 0 amide bonds. The molecule has 0 spiro atoms. The van der Waals surface area contributed by atoms with Crippen LogP contribution in [0.15, 0.2) is 15.8 Å². The normalized spacial score (nSPS) is 26.8. The van der Waals surface area contributed by atoms with E-state index >= 15 is 0 Å². The Morgan fingerprint density at radius 1 is 1.24 bits per heavy atom.